The second kappa shape index (κ2) is 10.7. The number of rotatable bonds is 9. The van der Waals surface area contributed by atoms with E-state index < -0.39 is 4.92 Å². The van der Waals surface area contributed by atoms with E-state index in [9.17, 15) is 19.3 Å². The third kappa shape index (κ3) is 6.35. The molecule has 0 bridgehead atoms. The van der Waals surface area contributed by atoms with Gasteiger partial charge in [-0.25, -0.2) is 4.39 Å². The molecule has 1 unspecified atom stereocenters. The largest absolute Gasteiger partial charge is 0.484 e. The number of nitro groups is 1. The first-order valence-corrected chi connectivity index (χ1v) is 11.1. The molecule has 0 fully saturated rings. The third-order valence-electron chi connectivity index (χ3n) is 5.59. The lowest BCUT2D eigenvalue weighted by atomic mass is 10.0. The Labute approximate surface area is 202 Å². The van der Waals surface area contributed by atoms with Gasteiger partial charge in [0.25, 0.3) is 5.69 Å². The average Bonchev–Trinajstić information content (AvgIpc) is 3.27. The van der Waals surface area contributed by atoms with Gasteiger partial charge in [-0.05, 0) is 54.4 Å². The van der Waals surface area contributed by atoms with Crippen molar-refractivity contribution in [2.75, 3.05) is 25.1 Å². The summed E-state index contributed by atoms with van der Waals surface area (Å²) < 4.78 is 19.3. The van der Waals surface area contributed by atoms with Gasteiger partial charge in [0.1, 0.15) is 17.7 Å². The van der Waals surface area contributed by atoms with Gasteiger partial charge in [0.2, 0.25) is 5.91 Å². The molecule has 3 aromatic rings. The first-order valence-electron chi connectivity index (χ1n) is 11.1. The van der Waals surface area contributed by atoms with Gasteiger partial charge in [-0.2, -0.15) is 0 Å². The van der Waals surface area contributed by atoms with Crippen LogP contribution in [0.4, 0.5) is 15.8 Å². The molecule has 0 aliphatic carbocycles. The summed E-state index contributed by atoms with van der Waals surface area (Å²) in [5.74, 6) is -0.0384. The fraction of sp³-hybridized carbons (Fsp3) is 0.192. The molecule has 1 heterocycles. The summed E-state index contributed by atoms with van der Waals surface area (Å²) >= 11 is 0. The molecule has 0 saturated carbocycles. The summed E-state index contributed by atoms with van der Waals surface area (Å²) in [5, 5.41) is 13.7. The van der Waals surface area contributed by atoms with Gasteiger partial charge in [-0.1, -0.05) is 24.3 Å². The summed E-state index contributed by atoms with van der Waals surface area (Å²) in [6.45, 7) is 3.15. The zero-order valence-corrected chi connectivity index (χ0v) is 19.1. The van der Waals surface area contributed by atoms with Crippen molar-refractivity contribution >= 4 is 17.3 Å². The van der Waals surface area contributed by atoms with Crippen molar-refractivity contribution < 1.29 is 18.8 Å². The topological polar surface area (TPSA) is 88.0 Å². The van der Waals surface area contributed by atoms with Crippen LogP contribution in [0.1, 0.15) is 17.2 Å². The molecule has 0 radical (unpaired) electrons. The Morgan fingerprint density at radius 3 is 2.43 bits per heavy atom. The molecule has 35 heavy (non-hydrogen) atoms. The molecular formula is C26H25FN4O4. The first kappa shape index (κ1) is 23.7. The van der Waals surface area contributed by atoms with E-state index in [1.54, 1.807) is 12.1 Å². The van der Waals surface area contributed by atoms with E-state index in [1.807, 2.05) is 53.4 Å². The number of carbonyl (C=O) groups is 1. The van der Waals surface area contributed by atoms with Crippen LogP contribution in [0, 0.1) is 22.9 Å². The average molecular weight is 477 g/mol. The highest BCUT2D eigenvalue weighted by molar-refractivity contribution is 5.92. The molecule has 1 N–H and O–H groups in total. The summed E-state index contributed by atoms with van der Waals surface area (Å²) in [5.41, 5.74) is 2.61. The molecular weight excluding hydrogens is 451 g/mol. The molecule has 0 aromatic heterocycles. The van der Waals surface area contributed by atoms with Crippen LogP contribution in [0.15, 0.2) is 85.2 Å². The van der Waals surface area contributed by atoms with Crippen molar-refractivity contribution in [2.45, 2.75) is 13.0 Å². The Bertz CT molecular complexity index is 1210. The van der Waals surface area contributed by atoms with Gasteiger partial charge in [0.15, 0.2) is 0 Å². The smallest absolute Gasteiger partial charge is 0.269 e. The minimum absolute atomic E-state index is 0.00169. The van der Waals surface area contributed by atoms with Crippen LogP contribution < -0.4 is 10.1 Å². The molecule has 0 spiro atoms. The highest BCUT2D eigenvalue weighted by Crippen LogP contribution is 2.28. The number of hydrogen-bond donors (Lipinski definition) is 1. The lowest BCUT2D eigenvalue weighted by molar-refractivity contribution is -0.384. The van der Waals surface area contributed by atoms with E-state index >= 15 is 0 Å². The summed E-state index contributed by atoms with van der Waals surface area (Å²) in [6, 6.07) is 19.6. The molecule has 9 heteroatoms. The Morgan fingerprint density at radius 2 is 1.74 bits per heavy atom. The van der Waals surface area contributed by atoms with E-state index in [0.29, 0.717) is 24.7 Å². The minimum Gasteiger partial charge on any atom is -0.484 e. The summed E-state index contributed by atoms with van der Waals surface area (Å²) in [7, 11) is 0. The van der Waals surface area contributed by atoms with Crippen molar-refractivity contribution in [2.24, 2.45) is 0 Å². The van der Waals surface area contributed by atoms with Gasteiger partial charge in [-0.3, -0.25) is 14.9 Å². The lowest BCUT2D eigenvalue weighted by Crippen LogP contribution is -2.34. The molecule has 4 rings (SSSR count). The Hall–Kier alpha value is -4.40. The van der Waals surface area contributed by atoms with Crippen LogP contribution in [-0.2, 0) is 4.79 Å². The van der Waals surface area contributed by atoms with Crippen LogP contribution in [0.25, 0.3) is 0 Å². The van der Waals surface area contributed by atoms with Crippen molar-refractivity contribution in [1.29, 1.82) is 0 Å². The quantitative estimate of drug-likeness (QED) is 0.351. The molecule has 0 saturated heterocycles. The first-order chi connectivity index (χ1) is 16.9. The standard InChI is InChI=1S/C26H25FN4O4/c1-19-4-2-3-5-24(19)25(35-23-12-10-22(11-13-23)31(33)34)16-29-14-15-30(18-29)17-26(32)28-21-8-6-20(27)7-9-21/h2-15,25H,16-18H2,1H3,(H,28,32). The Kier molecular flexibility index (Phi) is 7.25. The fourth-order valence-corrected chi connectivity index (χ4v) is 3.83. The number of nitrogens with one attached hydrogen (secondary N) is 1. The van der Waals surface area contributed by atoms with Crippen LogP contribution in [0.5, 0.6) is 5.75 Å². The second-order valence-electron chi connectivity index (χ2n) is 8.23. The van der Waals surface area contributed by atoms with Gasteiger partial charge in [-0.15, -0.1) is 0 Å². The van der Waals surface area contributed by atoms with Gasteiger partial charge in [0.05, 0.1) is 24.7 Å². The molecule has 180 valence electrons. The predicted octanol–water partition coefficient (Wildman–Crippen LogP) is 4.85. The van der Waals surface area contributed by atoms with E-state index in [4.69, 9.17) is 4.74 Å². The number of anilines is 1. The SMILES string of the molecule is Cc1ccccc1C(CN1C=CN(CC(=O)Nc2ccc(F)cc2)C1)Oc1ccc([N+](=O)[O-])cc1. The van der Waals surface area contributed by atoms with Gasteiger partial charge in [0, 0.05) is 30.2 Å². The highest BCUT2D eigenvalue weighted by Gasteiger charge is 2.23. The number of nitro benzene ring substituents is 1. The Balaban J connectivity index is 1.39. The van der Waals surface area contributed by atoms with Crippen molar-refractivity contribution in [1.82, 2.24) is 9.80 Å². The lowest BCUT2D eigenvalue weighted by Gasteiger charge is -2.27. The van der Waals surface area contributed by atoms with E-state index in [0.717, 1.165) is 11.1 Å². The number of aryl methyl sites for hydroxylation is 1. The molecule has 1 amide bonds. The van der Waals surface area contributed by atoms with E-state index in [2.05, 4.69) is 5.32 Å². The number of benzene rings is 3. The number of carbonyl (C=O) groups excluding carboxylic acids is 1. The second-order valence-corrected chi connectivity index (χ2v) is 8.23. The molecule has 1 aliphatic rings. The number of hydrogen-bond acceptors (Lipinski definition) is 6. The molecule has 3 aromatic carbocycles. The summed E-state index contributed by atoms with van der Waals surface area (Å²) in [6.07, 6.45) is 3.40. The van der Waals surface area contributed by atoms with Crippen LogP contribution >= 0.6 is 0 Å². The number of amides is 1. The highest BCUT2D eigenvalue weighted by atomic mass is 19.1. The number of non-ortho nitro benzene ring substituents is 1. The Morgan fingerprint density at radius 1 is 1.06 bits per heavy atom. The van der Waals surface area contributed by atoms with Crippen molar-refractivity contribution in [3.8, 4) is 5.75 Å². The maximum Gasteiger partial charge on any atom is 0.269 e. The van der Waals surface area contributed by atoms with Gasteiger partial charge >= 0.3 is 0 Å². The fourth-order valence-electron chi connectivity index (χ4n) is 3.83. The summed E-state index contributed by atoms with van der Waals surface area (Å²) in [4.78, 5) is 26.8. The maximum absolute atomic E-state index is 13.1. The zero-order valence-electron chi connectivity index (χ0n) is 19.1. The normalized spacial score (nSPS) is 13.5. The predicted molar refractivity (Wildman–Crippen MR) is 130 cm³/mol. The minimum atomic E-state index is -0.446. The van der Waals surface area contributed by atoms with E-state index in [-0.39, 0.29) is 30.1 Å². The van der Waals surface area contributed by atoms with E-state index in [1.165, 1.54) is 36.4 Å². The number of halogens is 1. The third-order valence-corrected chi connectivity index (χ3v) is 5.59. The number of nitrogens with zero attached hydrogens (tertiary/aromatic N) is 3. The molecule has 8 nitrogen and oxygen atoms in total. The van der Waals surface area contributed by atoms with Crippen LogP contribution in [-0.4, -0.2) is 40.4 Å². The van der Waals surface area contributed by atoms with Crippen molar-refractivity contribution in [3.63, 3.8) is 0 Å². The maximum atomic E-state index is 13.1. The molecule has 1 aliphatic heterocycles. The zero-order chi connectivity index (χ0) is 24.8. The van der Waals surface area contributed by atoms with Crippen molar-refractivity contribution in [3.05, 3.63) is 112 Å². The number of ether oxygens (including phenoxy) is 1. The monoisotopic (exact) mass is 476 g/mol. The van der Waals surface area contributed by atoms with Crippen LogP contribution in [0.3, 0.4) is 0 Å². The van der Waals surface area contributed by atoms with Gasteiger partial charge < -0.3 is 19.9 Å². The molecule has 1 atom stereocenters. The van der Waals surface area contributed by atoms with Crippen LogP contribution in [0.2, 0.25) is 0 Å².